The van der Waals surface area contributed by atoms with Gasteiger partial charge in [0, 0.05) is 6.54 Å². The van der Waals surface area contributed by atoms with Crippen molar-refractivity contribution in [3.8, 4) is 0 Å². The maximum Gasteiger partial charge on any atom is 0.00141 e. The van der Waals surface area contributed by atoms with Crippen LogP contribution in [0.15, 0.2) is 12.7 Å². The fourth-order valence-electron chi connectivity index (χ4n) is 1.60. The molecule has 0 amide bonds. The molecule has 11 heavy (non-hydrogen) atoms. The lowest BCUT2D eigenvalue weighted by Gasteiger charge is -2.10. The predicted octanol–water partition coefficient (Wildman–Crippen LogP) is 2.34. The molecule has 1 nitrogen and oxygen atoms in total. The van der Waals surface area contributed by atoms with Crippen molar-refractivity contribution >= 4 is 0 Å². The molecule has 0 spiro atoms. The van der Waals surface area contributed by atoms with Gasteiger partial charge in [0.15, 0.2) is 0 Å². The summed E-state index contributed by atoms with van der Waals surface area (Å²) in [5.41, 5.74) is 0. The molecule has 1 heterocycles. The summed E-state index contributed by atoms with van der Waals surface area (Å²) in [6, 6.07) is 0. The Labute approximate surface area is 69.9 Å². The second-order valence-electron chi connectivity index (χ2n) is 3.40. The minimum absolute atomic E-state index is 0.716. The molecule has 64 valence electrons. The van der Waals surface area contributed by atoms with E-state index in [1.54, 1.807) is 0 Å². The summed E-state index contributed by atoms with van der Waals surface area (Å²) in [6.45, 7) is 6.19. The first-order valence-electron chi connectivity index (χ1n) is 4.77. The first kappa shape index (κ1) is 8.79. The minimum Gasteiger partial charge on any atom is -0.316 e. The average Bonchev–Trinajstić information content (AvgIpc) is 2.16. The van der Waals surface area contributed by atoms with E-state index in [4.69, 9.17) is 0 Å². The van der Waals surface area contributed by atoms with Crippen LogP contribution >= 0.6 is 0 Å². The molecule has 1 fully saturated rings. The zero-order valence-electron chi connectivity index (χ0n) is 7.31. The van der Waals surface area contributed by atoms with Gasteiger partial charge in [0.25, 0.3) is 0 Å². The van der Waals surface area contributed by atoms with Gasteiger partial charge in [-0.15, -0.1) is 6.58 Å². The van der Waals surface area contributed by atoms with Crippen LogP contribution in [-0.2, 0) is 0 Å². The highest BCUT2D eigenvalue weighted by Crippen LogP contribution is 2.12. The summed E-state index contributed by atoms with van der Waals surface area (Å²) in [5, 5.41) is 3.46. The Balaban J connectivity index is 2.24. The van der Waals surface area contributed by atoms with E-state index in [-0.39, 0.29) is 0 Å². The van der Waals surface area contributed by atoms with E-state index in [9.17, 15) is 0 Å². The summed E-state index contributed by atoms with van der Waals surface area (Å²) in [6.07, 6.45) is 8.97. The molecule has 1 aliphatic rings. The van der Waals surface area contributed by atoms with Gasteiger partial charge < -0.3 is 5.32 Å². The fourth-order valence-corrected chi connectivity index (χ4v) is 1.60. The van der Waals surface area contributed by atoms with Crippen LogP contribution in [0.5, 0.6) is 0 Å². The third kappa shape index (κ3) is 3.57. The van der Waals surface area contributed by atoms with Crippen LogP contribution in [0.1, 0.15) is 32.1 Å². The molecular formula is C10H19N. The van der Waals surface area contributed by atoms with Gasteiger partial charge in [0.05, 0.1) is 0 Å². The first-order chi connectivity index (χ1) is 5.43. The van der Waals surface area contributed by atoms with Crippen molar-refractivity contribution in [1.82, 2.24) is 5.32 Å². The monoisotopic (exact) mass is 153 g/mol. The lowest BCUT2D eigenvalue weighted by molar-refractivity contribution is 0.527. The van der Waals surface area contributed by atoms with Crippen LogP contribution in [0.25, 0.3) is 0 Å². The molecule has 0 aromatic carbocycles. The Kier molecular flexibility index (Phi) is 4.29. The molecule has 1 saturated heterocycles. The molecule has 0 aromatic heterocycles. The van der Waals surface area contributed by atoms with Crippen LogP contribution < -0.4 is 5.32 Å². The van der Waals surface area contributed by atoms with E-state index >= 15 is 0 Å². The van der Waals surface area contributed by atoms with Crippen LogP contribution in [0.3, 0.4) is 0 Å². The molecule has 1 heteroatoms. The van der Waals surface area contributed by atoms with Crippen molar-refractivity contribution in [3.05, 3.63) is 12.7 Å². The van der Waals surface area contributed by atoms with Crippen molar-refractivity contribution in [3.63, 3.8) is 0 Å². The Morgan fingerprint density at radius 3 is 2.82 bits per heavy atom. The second-order valence-corrected chi connectivity index (χ2v) is 3.40. The molecule has 0 bridgehead atoms. The van der Waals surface area contributed by atoms with Gasteiger partial charge in [-0.3, -0.25) is 0 Å². The Hall–Kier alpha value is -0.300. The maximum atomic E-state index is 3.85. The third-order valence-electron chi connectivity index (χ3n) is 2.42. The minimum atomic E-state index is 0.716. The topological polar surface area (TPSA) is 12.0 Å². The van der Waals surface area contributed by atoms with E-state index in [1.807, 2.05) is 0 Å². The highest BCUT2D eigenvalue weighted by atomic mass is 14.8. The largest absolute Gasteiger partial charge is 0.316 e. The van der Waals surface area contributed by atoms with Crippen LogP contribution in [0, 0.1) is 5.92 Å². The van der Waals surface area contributed by atoms with E-state index in [0.29, 0.717) is 5.92 Å². The van der Waals surface area contributed by atoms with Crippen molar-refractivity contribution < 1.29 is 0 Å². The van der Waals surface area contributed by atoms with E-state index < -0.39 is 0 Å². The highest BCUT2D eigenvalue weighted by Gasteiger charge is 2.05. The van der Waals surface area contributed by atoms with Gasteiger partial charge in [-0.05, 0) is 25.3 Å². The lowest BCUT2D eigenvalue weighted by atomic mass is 10.0. The van der Waals surface area contributed by atoms with Gasteiger partial charge in [-0.2, -0.15) is 0 Å². The number of rotatable bonds is 1. The molecule has 0 aliphatic carbocycles. The van der Waals surface area contributed by atoms with E-state index in [1.165, 1.54) is 38.6 Å². The van der Waals surface area contributed by atoms with Crippen LogP contribution in [-0.4, -0.2) is 13.1 Å². The quantitative estimate of drug-likeness (QED) is 0.570. The molecular weight excluding hydrogens is 134 g/mol. The molecule has 0 aromatic rings. The highest BCUT2D eigenvalue weighted by molar-refractivity contribution is 4.81. The summed E-state index contributed by atoms with van der Waals surface area (Å²) in [7, 11) is 0. The van der Waals surface area contributed by atoms with Crippen LogP contribution in [0.2, 0.25) is 0 Å². The van der Waals surface area contributed by atoms with Crippen molar-refractivity contribution in [2.24, 2.45) is 5.92 Å². The molecule has 0 saturated carbocycles. The van der Waals surface area contributed by atoms with Gasteiger partial charge in [0.1, 0.15) is 0 Å². The predicted molar refractivity (Wildman–Crippen MR) is 49.6 cm³/mol. The Morgan fingerprint density at radius 2 is 2.00 bits per heavy atom. The summed E-state index contributed by atoms with van der Waals surface area (Å²) in [4.78, 5) is 0. The lowest BCUT2D eigenvalue weighted by Crippen LogP contribution is -2.21. The number of nitrogens with one attached hydrogen (secondary N) is 1. The Bertz CT molecular complexity index is 99.4. The van der Waals surface area contributed by atoms with E-state index in [2.05, 4.69) is 18.0 Å². The van der Waals surface area contributed by atoms with Crippen molar-refractivity contribution in [2.75, 3.05) is 13.1 Å². The first-order valence-corrected chi connectivity index (χ1v) is 4.77. The molecule has 1 rings (SSSR count). The SMILES string of the molecule is C=C[C@H]1CCCCCCNC1. The molecule has 0 unspecified atom stereocenters. The standard InChI is InChI=1S/C10H19N/c1-2-10-7-5-3-4-6-8-11-9-10/h2,10-11H,1,3-9H2/t10-/m0/s1. The number of hydrogen-bond donors (Lipinski definition) is 1. The van der Waals surface area contributed by atoms with E-state index in [0.717, 1.165) is 6.54 Å². The van der Waals surface area contributed by atoms with Gasteiger partial charge in [0.2, 0.25) is 0 Å². The second kappa shape index (κ2) is 5.36. The van der Waals surface area contributed by atoms with Gasteiger partial charge in [-0.25, -0.2) is 0 Å². The smallest absolute Gasteiger partial charge is 0.00141 e. The zero-order valence-corrected chi connectivity index (χ0v) is 7.31. The molecule has 1 aliphatic heterocycles. The normalized spacial score (nSPS) is 28.2. The molecule has 0 radical (unpaired) electrons. The molecule has 1 atom stereocenters. The van der Waals surface area contributed by atoms with Crippen molar-refractivity contribution in [1.29, 1.82) is 0 Å². The zero-order chi connectivity index (χ0) is 7.94. The van der Waals surface area contributed by atoms with Crippen molar-refractivity contribution in [2.45, 2.75) is 32.1 Å². The van der Waals surface area contributed by atoms with Crippen LogP contribution in [0.4, 0.5) is 0 Å². The summed E-state index contributed by atoms with van der Waals surface area (Å²) >= 11 is 0. The summed E-state index contributed by atoms with van der Waals surface area (Å²) < 4.78 is 0. The third-order valence-corrected chi connectivity index (χ3v) is 2.42. The fraction of sp³-hybridized carbons (Fsp3) is 0.800. The van der Waals surface area contributed by atoms with Gasteiger partial charge in [-0.1, -0.05) is 25.3 Å². The average molecular weight is 153 g/mol. The van der Waals surface area contributed by atoms with Gasteiger partial charge >= 0.3 is 0 Å². The Morgan fingerprint density at radius 1 is 1.18 bits per heavy atom. The molecule has 1 N–H and O–H groups in total. The number of hydrogen-bond acceptors (Lipinski definition) is 1. The maximum absolute atomic E-state index is 3.85. The summed E-state index contributed by atoms with van der Waals surface area (Å²) in [5.74, 6) is 0.716.